The van der Waals surface area contributed by atoms with Crippen molar-refractivity contribution in [2.45, 2.75) is 33.2 Å². The molecule has 0 saturated carbocycles. The van der Waals surface area contributed by atoms with Crippen molar-refractivity contribution in [2.24, 2.45) is 0 Å². The van der Waals surface area contributed by atoms with E-state index < -0.39 is 0 Å². The quantitative estimate of drug-likeness (QED) is 0.796. The molecule has 0 aliphatic carbocycles. The molecule has 1 aromatic rings. The number of hydrogen-bond acceptors (Lipinski definition) is 3. The standard InChI is InChI=1S/C12H19N3O/c1-4-10(3)14-8-12(16)15-11-7-13-6-5-9(11)2/h5-7,10,14H,4,8H2,1-3H3,(H,15,16). The summed E-state index contributed by atoms with van der Waals surface area (Å²) in [6.07, 6.45) is 4.39. The molecule has 1 rings (SSSR count). The van der Waals surface area contributed by atoms with Gasteiger partial charge in [0.2, 0.25) is 5.91 Å². The second-order valence-corrected chi connectivity index (χ2v) is 3.93. The van der Waals surface area contributed by atoms with Gasteiger partial charge in [0.1, 0.15) is 0 Å². The molecule has 0 aliphatic rings. The number of anilines is 1. The Hall–Kier alpha value is -1.42. The van der Waals surface area contributed by atoms with Crippen molar-refractivity contribution in [3.63, 3.8) is 0 Å². The third-order valence-corrected chi connectivity index (χ3v) is 2.54. The predicted molar refractivity (Wildman–Crippen MR) is 65.4 cm³/mol. The van der Waals surface area contributed by atoms with Gasteiger partial charge in [-0.15, -0.1) is 0 Å². The molecule has 0 saturated heterocycles. The molecule has 1 aromatic heterocycles. The van der Waals surface area contributed by atoms with E-state index in [4.69, 9.17) is 0 Å². The number of carbonyl (C=O) groups is 1. The highest BCUT2D eigenvalue weighted by Gasteiger charge is 2.05. The lowest BCUT2D eigenvalue weighted by Gasteiger charge is -2.12. The van der Waals surface area contributed by atoms with E-state index in [9.17, 15) is 4.79 Å². The first-order valence-corrected chi connectivity index (χ1v) is 5.57. The van der Waals surface area contributed by atoms with E-state index in [1.807, 2.05) is 13.0 Å². The van der Waals surface area contributed by atoms with Gasteiger partial charge in [-0.05, 0) is 31.9 Å². The third kappa shape index (κ3) is 3.98. The summed E-state index contributed by atoms with van der Waals surface area (Å²) >= 11 is 0. The van der Waals surface area contributed by atoms with Gasteiger partial charge in [-0.2, -0.15) is 0 Å². The van der Waals surface area contributed by atoms with Gasteiger partial charge in [-0.3, -0.25) is 9.78 Å². The summed E-state index contributed by atoms with van der Waals surface area (Å²) < 4.78 is 0. The van der Waals surface area contributed by atoms with Crippen LogP contribution in [-0.2, 0) is 4.79 Å². The Morgan fingerprint density at radius 1 is 1.56 bits per heavy atom. The number of hydrogen-bond donors (Lipinski definition) is 2. The topological polar surface area (TPSA) is 54.0 Å². The van der Waals surface area contributed by atoms with Crippen LogP contribution in [0.1, 0.15) is 25.8 Å². The van der Waals surface area contributed by atoms with Crippen LogP contribution in [0, 0.1) is 6.92 Å². The first-order valence-electron chi connectivity index (χ1n) is 5.57. The number of amides is 1. The second kappa shape index (κ2) is 6.23. The van der Waals surface area contributed by atoms with Crippen molar-refractivity contribution in [2.75, 3.05) is 11.9 Å². The summed E-state index contributed by atoms with van der Waals surface area (Å²) in [5.41, 5.74) is 1.80. The molecule has 88 valence electrons. The van der Waals surface area contributed by atoms with Crippen LogP contribution in [0.5, 0.6) is 0 Å². The number of aromatic nitrogens is 1. The molecule has 4 nitrogen and oxygen atoms in total. The van der Waals surface area contributed by atoms with Crippen LogP contribution in [-0.4, -0.2) is 23.5 Å². The lowest BCUT2D eigenvalue weighted by Crippen LogP contribution is -2.34. The molecular weight excluding hydrogens is 202 g/mol. The minimum absolute atomic E-state index is 0.0311. The Balaban J connectivity index is 2.43. The van der Waals surface area contributed by atoms with Crippen molar-refractivity contribution >= 4 is 11.6 Å². The van der Waals surface area contributed by atoms with Crippen LogP contribution in [0.4, 0.5) is 5.69 Å². The fourth-order valence-electron chi connectivity index (χ4n) is 1.20. The average Bonchev–Trinajstić information content (AvgIpc) is 2.29. The van der Waals surface area contributed by atoms with Crippen LogP contribution in [0.15, 0.2) is 18.5 Å². The molecule has 0 aromatic carbocycles. The summed E-state index contributed by atoms with van der Waals surface area (Å²) in [6.45, 7) is 6.42. The van der Waals surface area contributed by atoms with Crippen molar-refractivity contribution in [3.05, 3.63) is 24.0 Å². The average molecular weight is 221 g/mol. The smallest absolute Gasteiger partial charge is 0.238 e. The van der Waals surface area contributed by atoms with Crippen molar-refractivity contribution < 1.29 is 4.79 Å². The normalized spacial score (nSPS) is 12.2. The molecule has 0 spiro atoms. The van der Waals surface area contributed by atoms with Gasteiger partial charge < -0.3 is 10.6 Å². The number of carbonyl (C=O) groups excluding carboxylic acids is 1. The van der Waals surface area contributed by atoms with E-state index in [-0.39, 0.29) is 5.91 Å². The molecule has 1 heterocycles. The molecule has 1 unspecified atom stereocenters. The summed E-state index contributed by atoms with van der Waals surface area (Å²) in [4.78, 5) is 15.6. The highest BCUT2D eigenvalue weighted by atomic mass is 16.1. The van der Waals surface area contributed by atoms with Crippen LogP contribution in [0.3, 0.4) is 0 Å². The van der Waals surface area contributed by atoms with E-state index in [0.717, 1.165) is 17.7 Å². The van der Waals surface area contributed by atoms with Gasteiger partial charge >= 0.3 is 0 Å². The molecule has 0 radical (unpaired) electrons. The van der Waals surface area contributed by atoms with E-state index in [1.54, 1.807) is 12.4 Å². The zero-order valence-corrected chi connectivity index (χ0v) is 10.1. The zero-order valence-electron chi connectivity index (χ0n) is 10.1. The number of nitrogens with zero attached hydrogens (tertiary/aromatic N) is 1. The molecule has 0 fully saturated rings. The Bertz CT molecular complexity index is 352. The summed E-state index contributed by atoms with van der Waals surface area (Å²) in [5, 5.41) is 5.97. The maximum atomic E-state index is 11.6. The van der Waals surface area contributed by atoms with Crippen molar-refractivity contribution in [1.82, 2.24) is 10.3 Å². The molecule has 2 N–H and O–H groups in total. The second-order valence-electron chi connectivity index (χ2n) is 3.93. The Labute approximate surface area is 96.5 Å². The van der Waals surface area contributed by atoms with Crippen LogP contribution >= 0.6 is 0 Å². The third-order valence-electron chi connectivity index (χ3n) is 2.54. The number of rotatable bonds is 5. The molecule has 4 heteroatoms. The number of pyridine rings is 1. The molecule has 16 heavy (non-hydrogen) atoms. The van der Waals surface area contributed by atoms with E-state index >= 15 is 0 Å². The summed E-state index contributed by atoms with van der Waals surface area (Å²) in [6, 6.07) is 2.23. The Kier molecular flexibility index (Phi) is 4.92. The van der Waals surface area contributed by atoms with Gasteiger partial charge in [0, 0.05) is 12.2 Å². The summed E-state index contributed by atoms with van der Waals surface area (Å²) in [7, 11) is 0. The van der Waals surface area contributed by atoms with Gasteiger partial charge in [-0.1, -0.05) is 6.92 Å². The molecule has 0 bridgehead atoms. The van der Waals surface area contributed by atoms with Gasteiger partial charge in [0.25, 0.3) is 0 Å². The van der Waals surface area contributed by atoms with Crippen molar-refractivity contribution in [3.8, 4) is 0 Å². The predicted octanol–water partition coefficient (Wildman–Crippen LogP) is 1.72. The van der Waals surface area contributed by atoms with Crippen LogP contribution in [0.25, 0.3) is 0 Å². The fraction of sp³-hybridized carbons (Fsp3) is 0.500. The van der Waals surface area contributed by atoms with E-state index in [0.29, 0.717) is 12.6 Å². The SMILES string of the molecule is CCC(C)NCC(=O)Nc1cnccc1C. The van der Waals surface area contributed by atoms with Crippen LogP contribution < -0.4 is 10.6 Å². The fourth-order valence-corrected chi connectivity index (χ4v) is 1.20. The van der Waals surface area contributed by atoms with E-state index in [1.165, 1.54) is 0 Å². The highest BCUT2D eigenvalue weighted by Crippen LogP contribution is 2.10. The molecule has 0 aliphatic heterocycles. The zero-order chi connectivity index (χ0) is 12.0. The van der Waals surface area contributed by atoms with Gasteiger partial charge in [0.15, 0.2) is 0 Å². The minimum atomic E-state index is -0.0311. The molecule has 1 amide bonds. The van der Waals surface area contributed by atoms with Crippen molar-refractivity contribution in [1.29, 1.82) is 0 Å². The number of nitrogens with one attached hydrogen (secondary N) is 2. The minimum Gasteiger partial charge on any atom is -0.323 e. The monoisotopic (exact) mass is 221 g/mol. The first kappa shape index (κ1) is 12.6. The lowest BCUT2D eigenvalue weighted by molar-refractivity contribution is -0.115. The first-order chi connectivity index (χ1) is 7.63. The Morgan fingerprint density at radius 3 is 2.94 bits per heavy atom. The largest absolute Gasteiger partial charge is 0.323 e. The van der Waals surface area contributed by atoms with Gasteiger partial charge in [-0.25, -0.2) is 0 Å². The maximum absolute atomic E-state index is 11.6. The molecular formula is C12H19N3O. The van der Waals surface area contributed by atoms with E-state index in [2.05, 4.69) is 29.5 Å². The summed E-state index contributed by atoms with van der Waals surface area (Å²) in [5.74, 6) is -0.0311. The molecule has 1 atom stereocenters. The highest BCUT2D eigenvalue weighted by molar-refractivity contribution is 5.92. The van der Waals surface area contributed by atoms with Gasteiger partial charge in [0.05, 0.1) is 18.4 Å². The maximum Gasteiger partial charge on any atom is 0.238 e. The van der Waals surface area contributed by atoms with Crippen LogP contribution in [0.2, 0.25) is 0 Å². The Morgan fingerprint density at radius 2 is 2.31 bits per heavy atom. The number of aryl methyl sites for hydroxylation is 1. The lowest BCUT2D eigenvalue weighted by atomic mass is 10.2.